The van der Waals surface area contributed by atoms with E-state index >= 15 is 0 Å². The number of rotatable bonds is 15. The Balaban J connectivity index is 2.77. The Morgan fingerprint density at radius 3 is 2.06 bits per heavy atom. The maximum absolute atomic E-state index is 12.9. The molecule has 0 radical (unpaired) electrons. The number of carboxylic acids is 1. The maximum Gasteiger partial charge on any atom is 0.326 e. The third-order valence-electron chi connectivity index (χ3n) is 5.30. The molecule has 1 aromatic carbocycles. The van der Waals surface area contributed by atoms with E-state index in [0.717, 1.165) is 12.0 Å². The van der Waals surface area contributed by atoms with Gasteiger partial charge in [-0.05, 0) is 44.2 Å². The first-order valence-corrected chi connectivity index (χ1v) is 11.7. The smallest absolute Gasteiger partial charge is 0.326 e. The summed E-state index contributed by atoms with van der Waals surface area (Å²) in [5.74, 6) is -2.73. The van der Waals surface area contributed by atoms with Gasteiger partial charge in [0.2, 0.25) is 17.7 Å². The van der Waals surface area contributed by atoms with Crippen LogP contribution < -0.4 is 27.4 Å². The van der Waals surface area contributed by atoms with E-state index in [9.17, 15) is 24.3 Å². The molecule has 1 rings (SSSR count). The Labute approximate surface area is 201 Å². The molecular weight excluding hydrogens is 438 g/mol. The number of benzene rings is 1. The molecule has 10 heteroatoms. The van der Waals surface area contributed by atoms with Crippen LogP contribution in [0.15, 0.2) is 30.3 Å². The highest BCUT2D eigenvalue weighted by atomic mass is 16.4. The van der Waals surface area contributed by atoms with Crippen LogP contribution in [0.3, 0.4) is 0 Å². The van der Waals surface area contributed by atoms with E-state index in [1.54, 1.807) is 24.3 Å². The lowest BCUT2D eigenvalue weighted by Gasteiger charge is -2.25. The van der Waals surface area contributed by atoms with E-state index < -0.39 is 47.9 Å². The zero-order valence-electron chi connectivity index (χ0n) is 20.3. The van der Waals surface area contributed by atoms with Crippen molar-refractivity contribution in [3.8, 4) is 0 Å². The summed E-state index contributed by atoms with van der Waals surface area (Å²) in [4.78, 5) is 49.6. The van der Waals surface area contributed by atoms with E-state index in [-0.39, 0.29) is 12.3 Å². The molecule has 0 heterocycles. The second-order valence-electron chi connectivity index (χ2n) is 8.90. The fourth-order valence-corrected chi connectivity index (χ4v) is 3.35. The Bertz CT molecular complexity index is 802. The number of carbonyl (C=O) groups is 4. The monoisotopic (exact) mass is 477 g/mol. The molecular formula is C24H39N5O5. The molecule has 0 bridgehead atoms. The fourth-order valence-electron chi connectivity index (χ4n) is 3.35. The van der Waals surface area contributed by atoms with E-state index in [1.807, 2.05) is 19.9 Å². The summed E-state index contributed by atoms with van der Waals surface area (Å²) in [6.07, 6.45) is 2.32. The third kappa shape index (κ3) is 10.8. The molecule has 0 aliphatic carbocycles. The largest absolute Gasteiger partial charge is 0.480 e. The number of hydrogen-bond donors (Lipinski definition) is 6. The van der Waals surface area contributed by atoms with E-state index in [4.69, 9.17) is 11.5 Å². The molecule has 0 saturated heterocycles. The van der Waals surface area contributed by atoms with Gasteiger partial charge in [0.25, 0.3) is 0 Å². The molecule has 4 atom stereocenters. The van der Waals surface area contributed by atoms with Crippen molar-refractivity contribution in [2.75, 3.05) is 6.54 Å². The van der Waals surface area contributed by atoms with Gasteiger partial charge in [-0.15, -0.1) is 0 Å². The van der Waals surface area contributed by atoms with Crippen molar-refractivity contribution in [3.63, 3.8) is 0 Å². The molecule has 3 amide bonds. The van der Waals surface area contributed by atoms with Gasteiger partial charge in [-0.3, -0.25) is 14.4 Å². The van der Waals surface area contributed by atoms with Gasteiger partial charge in [-0.2, -0.15) is 0 Å². The zero-order valence-corrected chi connectivity index (χ0v) is 20.3. The molecule has 0 saturated carbocycles. The van der Waals surface area contributed by atoms with Crippen LogP contribution in [0.4, 0.5) is 0 Å². The summed E-state index contributed by atoms with van der Waals surface area (Å²) in [5, 5.41) is 17.3. The number of nitrogens with two attached hydrogens (primary N) is 2. The van der Waals surface area contributed by atoms with Crippen molar-refractivity contribution in [2.45, 2.75) is 77.0 Å². The molecule has 4 unspecified atom stereocenters. The SMILES string of the molecule is CC(C)CC(NC(=O)C(C)NC(=O)C(N)CCCCN)C(=O)NC(Cc1ccccc1)C(=O)O. The van der Waals surface area contributed by atoms with Gasteiger partial charge >= 0.3 is 5.97 Å². The predicted octanol–water partition coefficient (Wildman–Crippen LogP) is 0.290. The topological polar surface area (TPSA) is 177 Å². The lowest BCUT2D eigenvalue weighted by molar-refractivity contribution is -0.142. The van der Waals surface area contributed by atoms with Crippen molar-refractivity contribution < 1.29 is 24.3 Å². The van der Waals surface area contributed by atoms with Crippen LogP contribution in [0.2, 0.25) is 0 Å². The summed E-state index contributed by atoms with van der Waals surface area (Å²) in [5.41, 5.74) is 12.1. The van der Waals surface area contributed by atoms with Gasteiger partial charge in [0, 0.05) is 6.42 Å². The molecule has 0 fully saturated rings. The fraction of sp³-hybridized carbons (Fsp3) is 0.583. The van der Waals surface area contributed by atoms with Crippen molar-refractivity contribution in [1.82, 2.24) is 16.0 Å². The molecule has 190 valence electrons. The van der Waals surface area contributed by atoms with Crippen LogP contribution in [0.25, 0.3) is 0 Å². The first-order chi connectivity index (χ1) is 16.0. The zero-order chi connectivity index (χ0) is 25.7. The number of carbonyl (C=O) groups excluding carboxylic acids is 3. The minimum atomic E-state index is -1.17. The molecule has 1 aromatic rings. The number of hydrogen-bond acceptors (Lipinski definition) is 6. The van der Waals surface area contributed by atoms with Gasteiger partial charge in [0.15, 0.2) is 0 Å². The molecule has 0 aliphatic heterocycles. The van der Waals surface area contributed by atoms with Gasteiger partial charge in [-0.25, -0.2) is 4.79 Å². The quantitative estimate of drug-likeness (QED) is 0.197. The highest BCUT2D eigenvalue weighted by Gasteiger charge is 2.29. The van der Waals surface area contributed by atoms with Crippen molar-refractivity contribution in [3.05, 3.63) is 35.9 Å². The van der Waals surface area contributed by atoms with Gasteiger partial charge in [0.1, 0.15) is 18.1 Å². The Kier molecular flexibility index (Phi) is 12.8. The molecule has 34 heavy (non-hydrogen) atoms. The normalized spacial score (nSPS) is 14.5. The standard InChI is InChI=1S/C24H39N5O5/c1-15(2)13-19(23(32)29-20(24(33)34)14-17-9-5-4-6-10-17)28-21(30)16(3)27-22(31)18(26)11-7-8-12-25/h4-6,9-10,15-16,18-20H,7-8,11-14,25-26H2,1-3H3,(H,27,31)(H,28,30)(H,29,32)(H,33,34). The van der Waals surface area contributed by atoms with Crippen LogP contribution in [-0.4, -0.2) is 59.5 Å². The Hall–Kier alpha value is -2.98. The van der Waals surface area contributed by atoms with E-state index in [2.05, 4.69) is 16.0 Å². The lowest BCUT2D eigenvalue weighted by atomic mass is 10.0. The molecule has 0 aromatic heterocycles. The van der Waals surface area contributed by atoms with Crippen LogP contribution >= 0.6 is 0 Å². The number of nitrogens with one attached hydrogen (secondary N) is 3. The predicted molar refractivity (Wildman–Crippen MR) is 130 cm³/mol. The number of carboxylic acid groups (broad SMARTS) is 1. The molecule has 0 spiro atoms. The minimum Gasteiger partial charge on any atom is -0.480 e. The minimum absolute atomic E-state index is 0.0503. The third-order valence-corrected chi connectivity index (χ3v) is 5.30. The van der Waals surface area contributed by atoms with Crippen molar-refractivity contribution >= 4 is 23.7 Å². The second-order valence-corrected chi connectivity index (χ2v) is 8.90. The molecule has 8 N–H and O–H groups in total. The lowest BCUT2D eigenvalue weighted by Crippen LogP contribution is -2.56. The summed E-state index contributed by atoms with van der Waals surface area (Å²) >= 11 is 0. The Morgan fingerprint density at radius 1 is 0.882 bits per heavy atom. The first kappa shape index (κ1) is 29.1. The van der Waals surface area contributed by atoms with E-state index in [0.29, 0.717) is 25.8 Å². The summed E-state index contributed by atoms with van der Waals surface area (Å²) in [6, 6.07) is 5.17. The van der Waals surface area contributed by atoms with E-state index in [1.165, 1.54) is 6.92 Å². The van der Waals surface area contributed by atoms with Crippen molar-refractivity contribution in [1.29, 1.82) is 0 Å². The number of unbranched alkanes of at least 4 members (excludes halogenated alkanes) is 1. The average molecular weight is 478 g/mol. The van der Waals surface area contributed by atoms with Crippen LogP contribution in [-0.2, 0) is 25.6 Å². The highest BCUT2D eigenvalue weighted by molar-refractivity contribution is 5.93. The molecule has 0 aliphatic rings. The van der Waals surface area contributed by atoms with Gasteiger partial charge in [-0.1, -0.05) is 50.6 Å². The first-order valence-electron chi connectivity index (χ1n) is 11.7. The summed E-state index contributed by atoms with van der Waals surface area (Å²) in [7, 11) is 0. The summed E-state index contributed by atoms with van der Waals surface area (Å²) in [6.45, 7) is 5.79. The average Bonchev–Trinajstić information content (AvgIpc) is 2.78. The highest BCUT2D eigenvalue weighted by Crippen LogP contribution is 2.08. The summed E-state index contributed by atoms with van der Waals surface area (Å²) < 4.78 is 0. The maximum atomic E-state index is 12.9. The van der Waals surface area contributed by atoms with Crippen LogP contribution in [0.5, 0.6) is 0 Å². The van der Waals surface area contributed by atoms with Crippen LogP contribution in [0, 0.1) is 5.92 Å². The second kappa shape index (κ2) is 15.0. The Morgan fingerprint density at radius 2 is 1.50 bits per heavy atom. The number of amides is 3. The molecule has 10 nitrogen and oxygen atoms in total. The van der Waals surface area contributed by atoms with Crippen molar-refractivity contribution in [2.24, 2.45) is 17.4 Å². The van der Waals surface area contributed by atoms with Crippen LogP contribution in [0.1, 0.15) is 52.0 Å². The van der Waals surface area contributed by atoms with Gasteiger partial charge in [0.05, 0.1) is 6.04 Å². The number of aliphatic carboxylic acids is 1. The van der Waals surface area contributed by atoms with Gasteiger partial charge < -0.3 is 32.5 Å².